The molecule has 0 amide bonds. The number of phenolic OH excluding ortho intramolecular Hbond substituents is 2. The van der Waals surface area contributed by atoms with Crippen LogP contribution in [0, 0.1) is 0 Å². The summed E-state index contributed by atoms with van der Waals surface area (Å²) < 4.78 is 5.41. The molecule has 0 saturated carbocycles. The molecule has 0 aromatic heterocycles. The van der Waals surface area contributed by atoms with Crippen molar-refractivity contribution in [1.29, 1.82) is 0 Å². The zero-order valence-corrected chi connectivity index (χ0v) is 14.8. The van der Waals surface area contributed by atoms with Crippen LogP contribution < -0.4 is 4.74 Å². The van der Waals surface area contributed by atoms with Crippen LogP contribution in [0.25, 0.3) is 0 Å². The topological polar surface area (TPSA) is 49.7 Å². The summed E-state index contributed by atoms with van der Waals surface area (Å²) >= 11 is 4.08. The molecule has 3 aromatic rings. The van der Waals surface area contributed by atoms with Crippen molar-refractivity contribution in [3.8, 4) is 17.2 Å². The van der Waals surface area contributed by atoms with Gasteiger partial charge in [0.15, 0.2) is 0 Å². The molecule has 0 bridgehead atoms. The smallest absolute Gasteiger partial charge is 0.131 e. The van der Waals surface area contributed by atoms with Crippen molar-refractivity contribution >= 4 is 12.6 Å². The molecule has 0 saturated heterocycles. The minimum absolute atomic E-state index is 0.231. The Morgan fingerprint density at radius 1 is 0.720 bits per heavy atom. The second kappa shape index (κ2) is 7.11. The van der Waals surface area contributed by atoms with E-state index in [-0.39, 0.29) is 11.5 Å². The van der Waals surface area contributed by atoms with E-state index in [1.165, 1.54) is 0 Å². The molecule has 3 aromatic carbocycles. The molecule has 0 heterocycles. The van der Waals surface area contributed by atoms with Gasteiger partial charge in [0.2, 0.25) is 0 Å². The fourth-order valence-electron chi connectivity index (χ4n) is 3.05. The van der Waals surface area contributed by atoms with Crippen LogP contribution in [0.5, 0.6) is 17.2 Å². The Balaban J connectivity index is 2.14. The van der Waals surface area contributed by atoms with Crippen molar-refractivity contribution in [3.63, 3.8) is 0 Å². The van der Waals surface area contributed by atoms with Crippen LogP contribution in [-0.4, -0.2) is 16.2 Å². The predicted molar refractivity (Wildman–Crippen MR) is 103 cm³/mol. The highest BCUT2D eigenvalue weighted by Gasteiger charge is 2.31. The van der Waals surface area contributed by atoms with Crippen molar-refractivity contribution in [2.45, 2.75) is 12.3 Å². The highest BCUT2D eigenvalue weighted by Crippen LogP contribution is 2.40. The van der Waals surface area contributed by atoms with Gasteiger partial charge in [0, 0.05) is 5.41 Å². The Bertz CT molecular complexity index is 779. The van der Waals surface area contributed by atoms with Crippen LogP contribution in [-0.2, 0) is 5.41 Å². The van der Waals surface area contributed by atoms with Gasteiger partial charge in [0.05, 0.1) is 0 Å². The molecule has 0 aliphatic rings. The number of rotatable bonds is 5. The number of hydrogen-bond acceptors (Lipinski definition) is 4. The van der Waals surface area contributed by atoms with Gasteiger partial charge in [-0.3, -0.25) is 0 Å². The number of ether oxygens (including phenoxy) is 1. The molecular formula is C21H20O3S. The summed E-state index contributed by atoms with van der Waals surface area (Å²) in [5.74, 6) is 1.55. The zero-order chi connectivity index (χ0) is 17.9. The van der Waals surface area contributed by atoms with Crippen molar-refractivity contribution in [3.05, 3.63) is 89.5 Å². The third kappa shape index (κ3) is 3.44. The molecule has 0 spiro atoms. The molecular weight excluding hydrogens is 332 g/mol. The summed E-state index contributed by atoms with van der Waals surface area (Å²) in [5, 5.41) is 19.3. The molecule has 4 heteroatoms. The van der Waals surface area contributed by atoms with Crippen LogP contribution in [0.3, 0.4) is 0 Å². The second-order valence-corrected chi connectivity index (χ2v) is 6.27. The maximum atomic E-state index is 9.64. The lowest BCUT2D eigenvalue weighted by molar-refractivity contribution is 0.394. The summed E-state index contributed by atoms with van der Waals surface area (Å²) in [6.45, 7) is 2.13. The molecule has 0 aliphatic carbocycles. The molecule has 0 unspecified atom stereocenters. The van der Waals surface area contributed by atoms with Gasteiger partial charge in [0.1, 0.15) is 23.2 Å². The van der Waals surface area contributed by atoms with Crippen molar-refractivity contribution < 1.29 is 14.9 Å². The second-order valence-electron chi connectivity index (χ2n) is 6.02. The Labute approximate surface area is 152 Å². The maximum Gasteiger partial charge on any atom is 0.131 e. The molecule has 0 aliphatic heterocycles. The Morgan fingerprint density at radius 3 is 1.44 bits per heavy atom. The van der Waals surface area contributed by atoms with Crippen LogP contribution in [0.4, 0.5) is 0 Å². The van der Waals surface area contributed by atoms with Crippen molar-refractivity contribution in [1.82, 2.24) is 0 Å². The van der Waals surface area contributed by atoms with E-state index >= 15 is 0 Å². The summed E-state index contributed by atoms with van der Waals surface area (Å²) in [6.07, 6.45) is 0. The van der Waals surface area contributed by atoms with Gasteiger partial charge < -0.3 is 14.9 Å². The van der Waals surface area contributed by atoms with E-state index in [0.29, 0.717) is 5.94 Å². The van der Waals surface area contributed by atoms with Gasteiger partial charge in [0.25, 0.3) is 0 Å². The minimum atomic E-state index is -0.444. The molecule has 0 radical (unpaired) electrons. The first kappa shape index (κ1) is 17.2. The van der Waals surface area contributed by atoms with Crippen LogP contribution in [0.2, 0.25) is 0 Å². The Kier molecular flexibility index (Phi) is 4.91. The van der Waals surface area contributed by atoms with E-state index < -0.39 is 5.41 Å². The quantitative estimate of drug-likeness (QED) is 0.354. The van der Waals surface area contributed by atoms with Gasteiger partial charge in [-0.15, -0.1) is 12.6 Å². The molecule has 2 N–H and O–H groups in total. The highest BCUT2D eigenvalue weighted by atomic mass is 32.1. The van der Waals surface area contributed by atoms with Gasteiger partial charge in [-0.05, 0) is 60.0 Å². The van der Waals surface area contributed by atoms with Crippen LogP contribution >= 0.6 is 12.6 Å². The third-order valence-corrected chi connectivity index (χ3v) is 4.68. The summed E-state index contributed by atoms with van der Waals surface area (Å²) in [4.78, 5) is 0. The lowest BCUT2D eigenvalue weighted by Crippen LogP contribution is -2.25. The lowest BCUT2D eigenvalue weighted by Gasteiger charge is -2.32. The number of hydrogen-bond donors (Lipinski definition) is 3. The van der Waals surface area contributed by atoms with E-state index in [2.05, 4.69) is 19.6 Å². The standard InChI is InChI=1S/C21H20O3S/c1-21(15-2-8-18(22)9-3-15,16-4-10-19(23)11-5-16)17-6-12-20(13-7-17)24-14-25/h2-13,22-23,25H,14H2,1H3. The molecule has 128 valence electrons. The molecule has 0 fully saturated rings. The van der Waals surface area contributed by atoms with Crippen LogP contribution in [0.1, 0.15) is 23.6 Å². The minimum Gasteiger partial charge on any atom is -0.508 e. The lowest BCUT2D eigenvalue weighted by atomic mass is 9.71. The number of phenols is 2. The number of thiol groups is 1. The Morgan fingerprint density at radius 2 is 1.08 bits per heavy atom. The fraction of sp³-hybridized carbons (Fsp3) is 0.143. The van der Waals surface area contributed by atoms with Crippen molar-refractivity contribution in [2.24, 2.45) is 0 Å². The van der Waals surface area contributed by atoms with Gasteiger partial charge in [-0.2, -0.15) is 0 Å². The van der Waals surface area contributed by atoms with E-state index in [1.54, 1.807) is 24.3 Å². The zero-order valence-electron chi connectivity index (χ0n) is 13.9. The first-order chi connectivity index (χ1) is 12.0. The normalized spacial score (nSPS) is 11.3. The number of benzene rings is 3. The number of aromatic hydroxyl groups is 2. The van der Waals surface area contributed by atoms with E-state index in [0.717, 1.165) is 22.4 Å². The largest absolute Gasteiger partial charge is 0.508 e. The summed E-state index contributed by atoms with van der Waals surface area (Å²) in [7, 11) is 0. The first-order valence-corrected chi connectivity index (χ1v) is 8.60. The van der Waals surface area contributed by atoms with Gasteiger partial charge >= 0.3 is 0 Å². The van der Waals surface area contributed by atoms with Crippen molar-refractivity contribution in [2.75, 3.05) is 5.94 Å². The molecule has 3 rings (SSSR count). The van der Waals surface area contributed by atoms with Gasteiger partial charge in [-0.1, -0.05) is 36.4 Å². The van der Waals surface area contributed by atoms with Gasteiger partial charge in [-0.25, -0.2) is 0 Å². The predicted octanol–water partition coefficient (Wildman–Crippen LogP) is 4.72. The summed E-state index contributed by atoms with van der Waals surface area (Å²) in [6, 6.07) is 22.3. The summed E-state index contributed by atoms with van der Waals surface area (Å²) in [5.41, 5.74) is 2.72. The van der Waals surface area contributed by atoms with E-state index in [4.69, 9.17) is 4.74 Å². The third-order valence-electron chi connectivity index (χ3n) is 4.55. The monoisotopic (exact) mass is 352 g/mol. The SMILES string of the molecule is CC(c1ccc(O)cc1)(c1ccc(O)cc1)c1ccc(OCS)cc1. The fourth-order valence-corrected chi connectivity index (χ4v) is 3.20. The average Bonchev–Trinajstić information content (AvgIpc) is 2.63. The average molecular weight is 352 g/mol. The molecule has 25 heavy (non-hydrogen) atoms. The highest BCUT2D eigenvalue weighted by molar-refractivity contribution is 7.80. The Hall–Kier alpha value is -2.59. The van der Waals surface area contributed by atoms with E-state index in [1.807, 2.05) is 48.5 Å². The van der Waals surface area contributed by atoms with E-state index in [9.17, 15) is 10.2 Å². The van der Waals surface area contributed by atoms with Crippen LogP contribution in [0.15, 0.2) is 72.8 Å². The molecule has 3 nitrogen and oxygen atoms in total. The molecule has 0 atom stereocenters. The maximum absolute atomic E-state index is 9.64. The first-order valence-electron chi connectivity index (χ1n) is 7.97.